The van der Waals surface area contributed by atoms with Crippen molar-refractivity contribution in [2.45, 2.75) is 11.8 Å². The average Bonchev–Trinajstić information content (AvgIpc) is 2.84. The molecule has 0 radical (unpaired) electrons. The maximum absolute atomic E-state index is 13.4. The van der Waals surface area contributed by atoms with Crippen LogP contribution in [0.5, 0.6) is 5.75 Å². The molecule has 0 atom stereocenters. The number of sulfonamides is 1. The molecule has 0 unspecified atom stereocenters. The summed E-state index contributed by atoms with van der Waals surface area (Å²) in [6, 6.07) is 21.2. The molecular formula is C25H23N3O5S. The van der Waals surface area contributed by atoms with Gasteiger partial charge in [0.2, 0.25) is 5.56 Å². The Morgan fingerprint density at radius 3 is 2.41 bits per heavy atom. The van der Waals surface area contributed by atoms with E-state index in [-0.39, 0.29) is 28.4 Å². The van der Waals surface area contributed by atoms with Gasteiger partial charge in [-0.2, -0.15) is 0 Å². The molecule has 0 aliphatic heterocycles. The minimum absolute atomic E-state index is 0.00919. The lowest BCUT2D eigenvalue weighted by Crippen LogP contribution is -2.30. The zero-order valence-electron chi connectivity index (χ0n) is 18.6. The summed E-state index contributed by atoms with van der Waals surface area (Å²) in [6.45, 7) is 1.97. The molecule has 174 valence electrons. The first-order chi connectivity index (χ1) is 16.3. The van der Waals surface area contributed by atoms with Crippen LogP contribution in [0.25, 0.3) is 10.9 Å². The van der Waals surface area contributed by atoms with Gasteiger partial charge in [-0.25, -0.2) is 8.42 Å². The summed E-state index contributed by atoms with van der Waals surface area (Å²) in [4.78, 5) is 27.9. The smallest absolute Gasteiger partial charge is 0.264 e. The fraction of sp³-hybridized carbons (Fsp3) is 0.120. The van der Waals surface area contributed by atoms with E-state index in [0.29, 0.717) is 16.6 Å². The van der Waals surface area contributed by atoms with Crippen molar-refractivity contribution >= 4 is 38.2 Å². The van der Waals surface area contributed by atoms with E-state index in [1.165, 1.54) is 35.7 Å². The van der Waals surface area contributed by atoms with Gasteiger partial charge in [0.15, 0.2) is 0 Å². The maximum atomic E-state index is 13.4. The fourth-order valence-corrected chi connectivity index (χ4v) is 5.24. The number of pyridine rings is 1. The molecule has 0 bridgehead atoms. The number of carbonyl (C=O) groups is 1. The molecule has 0 saturated heterocycles. The number of anilines is 2. The van der Waals surface area contributed by atoms with E-state index in [4.69, 9.17) is 4.74 Å². The minimum Gasteiger partial charge on any atom is -0.495 e. The summed E-state index contributed by atoms with van der Waals surface area (Å²) >= 11 is 0. The first-order valence-corrected chi connectivity index (χ1v) is 12.0. The second kappa shape index (κ2) is 9.40. The number of nitrogens with zero attached hydrogens (tertiary/aromatic N) is 1. The zero-order valence-corrected chi connectivity index (χ0v) is 19.4. The molecule has 4 aromatic rings. The van der Waals surface area contributed by atoms with Crippen molar-refractivity contribution in [1.29, 1.82) is 0 Å². The number of amides is 1. The molecule has 34 heavy (non-hydrogen) atoms. The summed E-state index contributed by atoms with van der Waals surface area (Å²) in [5, 5.41) is 3.27. The second-order valence-corrected chi connectivity index (χ2v) is 9.28. The van der Waals surface area contributed by atoms with Gasteiger partial charge in [-0.3, -0.25) is 13.9 Å². The predicted octanol–water partition coefficient (Wildman–Crippen LogP) is 4.00. The first-order valence-electron chi connectivity index (χ1n) is 10.5. The number of ether oxygens (including phenoxy) is 1. The summed E-state index contributed by atoms with van der Waals surface area (Å²) in [6.07, 6.45) is 0. The van der Waals surface area contributed by atoms with Crippen LogP contribution in [-0.4, -0.2) is 33.0 Å². The maximum Gasteiger partial charge on any atom is 0.264 e. The fourth-order valence-electron chi connectivity index (χ4n) is 3.74. The molecule has 0 fully saturated rings. The van der Waals surface area contributed by atoms with Crippen LogP contribution < -0.4 is 19.9 Å². The summed E-state index contributed by atoms with van der Waals surface area (Å²) in [5.74, 6) is -0.283. The van der Waals surface area contributed by atoms with Crippen LogP contribution in [0.4, 0.5) is 11.4 Å². The van der Waals surface area contributed by atoms with E-state index in [9.17, 15) is 18.0 Å². The number of aromatic nitrogens is 1. The third-order valence-corrected chi connectivity index (χ3v) is 7.23. The Labute approximate surface area is 196 Å². The Balaban J connectivity index is 1.74. The molecule has 0 aliphatic rings. The van der Waals surface area contributed by atoms with E-state index in [0.717, 1.165) is 0 Å². The van der Waals surface area contributed by atoms with Crippen molar-refractivity contribution in [3.63, 3.8) is 0 Å². The molecule has 1 amide bonds. The lowest BCUT2D eigenvalue weighted by atomic mass is 10.1. The number of hydrogen-bond acceptors (Lipinski definition) is 5. The van der Waals surface area contributed by atoms with Crippen LogP contribution >= 0.6 is 0 Å². The van der Waals surface area contributed by atoms with E-state index in [1.807, 2.05) is 6.07 Å². The molecule has 3 aromatic carbocycles. The monoisotopic (exact) mass is 477 g/mol. The van der Waals surface area contributed by atoms with Gasteiger partial charge in [-0.15, -0.1) is 0 Å². The first kappa shape index (κ1) is 23.1. The van der Waals surface area contributed by atoms with Crippen LogP contribution in [0, 0.1) is 0 Å². The number of para-hydroxylation sites is 2. The van der Waals surface area contributed by atoms with Gasteiger partial charge in [0, 0.05) is 23.5 Å². The average molecular weight is 478 g/mol. The van der Waals surface area contributed by atoms with Gasteiger partial charge < -0.3 is 15.0 Å². The zero-order chi connectivity index (χ0) is 24.3. The van der Waals surface area contributed by atoms with E-state index in [2.05, 4.69) is 10.3 Å². The second-order valence-electron chi connectivity index (χ2n) is 7.41. The predicted molar refractivity (Wildman–Crippen MR) is 132 cm³/mol. The molecule has 0 saturated carbocycles. The Bertz CT molecular complexity index is 1510. The number of H-pyrrole nitrogens is 1. The van der Waals surface area contributed by atoms with Gasteiger partial charge >= 0.3 is 0 Å². The van der Waals surface area contributed by atoms with Crippen molar-refractivity contribution in [2.75, 3.05) is 23.3 Å². The molecule has 0 spiro atoms. The Morgan fingerprint density at radius 2 is 1.71 bits per heavy atom. The van der Waals surface area contributed by atoms with Gasteiger partial charge in [0.25, 0.3) is 15.9 Å². The van der Waals surface area contributed by atoms with Crippen molar-refractivity contribution in [2.24, 2.45) is 0 Å². The number of fused-ring (bicyclic) bond motifs is 1. The molecular weight excluding hydrogens is 454 g/mol. The number of methoxy groups -OCH3 is 1. The molecule has 0 aliphatic carbocycles. The Kier molecular flexibility index (Phi) is 6.38. The largest absolute Gasteiger partial charge is 0.495 e. The highest BCUT2D eigenvalue weighted by Gasteiger charge is 2.25. The highest BCUT2D eigenvalue weighted by atomic mass is 32.2. The van der Waals surface area contributed by atoms with Crippen molar-refractivity contribution in [1.82, 2.24) is 4.98 Å². The van der Waals surface area contributed by atoms with Crippen LogP contribution in [0.1, 0.15) is 17.3 Å². The van der Waals surface area contributed by atoms with Gasteiger partial charge in [0.05, 0.1) is 28.9 Å². The molecule has 4 rings (SSSR count). The van der Waals surface area contributed by atoms with Crippen LogP contribution in [0.3, 0.4) is 0 Å². The van der Waals surface area contributed by atoms with Crippen molar-refractivity contribution < 1.29 is 17.9 Å². The van der Waals surface area contributed by atoms with Gasteiger partial charge in [0.1, 0.15) is 5.75 Å². The molecule has 8 nitrogen and oxygen atoms in total. The van der Waals surface area contributed by atoms with Crippen molar-refractivity contribution in [3.8, 4) is 5.75 Å². The lowest BCUT2D eigenvalue weighted by molar-refractivity contribution is 0.102. The number of benzene rings is 3. The van der Waals surface area contributed by atoms with E-state index in [1.54, 1.807) is 55.5 Å². The van der Waals surface area contributed by atoms with E-state index < -0.39 is 21.5 Å². The number of aromatic amines is 1. The molecule has 2 N–H and O–H groups in total. The number of carbonyl (C=O) groups excluding carboxylic acids is 1. The van der Waals surface area contributed by atoms with E-state index >= 15 is 0 Å². The summed E-state index contributed by atoms with van der Waals surface area (Å²) in [5.41, 5.74) is 0.955. The number of nitrogens with one attached hydrogen (secondary N) is 2. The van der Waals surface area contributed by atoms with Crippen molar-refractivity contribution in [3.05, 3.63) is 94.8 Å². The van der Waals surface area contributed by atoms with Crippen LogP contribution in [0.15, 0.2) is 88.6 Å². The normalized spacial score (nSPS) is 11.2. The molecule has 1 heterocycles. The highest BCUT2D eigenvalue weighted by Crippen LogP contribution is 2.31. The molecule has 9 heteroatoms. The number of rotatable bonds is 7. The SMILES string of the molecule is CCN(c1ccccc1)S(=O)(=O)c1ccc(OC)c(NC(=O)c2cc(=O)[nH]c3ccccc23)c1. The minimum atomic E-state index is -3.92. The van der Waals surface area contributed by atoms with Crippen LogP contribution in [0.2, 0.25) is 0 Å². The standard InChI is InChI=1S/C25H23N3O5S/c1-3-28(17-9-5-4-6-10-17)34(31,32)18-13-14-23(33-2)22(15-18)27-25(30)20-16-24(29)26-21-12-8-7-11-19(20)21/h4-16H,3H2,1-2H3,(H,26,29)(H,27,30). The Hall–Kier alpha value is -4.11. The highest BCUT2D eigenvalue weighted by molar-refractivity contribution is 7.92. The van der Waals surface area contributed by atoms with Gasteiger partial charge in [-0.1, -0.05) is 36.4 Å². The van der Waals surface area contributed by atoms with Crippen LogP contribution in [-0.2, 0) is 10.0 Å². The number of hydrogen-bond donors (Lipinski definition) is 2. The topological polar surface area (TPSA) is 109 Å². The third-order valence-electron chi connectivity index (χ3n) is 5.33. The summed E-state index contributed by atoms with van der Waals surface area (Å²) in [7, 11) is -2.50. The third kappa shape index (κ3) is 4.38. The van der Waals surface area contributed by atoms with Gasteiger partial charge in [-0.05, 0) is 43.3 Å². The Morgan fingerprint density at radius 1 is 1.00 bits per heavy atom. The lowest BCUT2D eigenvalue weighted by Gasteiger charge is -2.23. The molecule has 1 aromatic heterocycles. The summed E-state index contributed by atoms with van der Waals surface area (Å²) < 4.78 is 33.5. The quantitative estimate of drug-likeness (QED) is 0.418.